The number of carbonyl (C=O) groups excluding carboxylic acids is 1. The molecule has 0 bridgehead atoms. The van der Waals surface area contributed by atoms with Gasteiger partial charge in [0.2, 0.25) is 11.9 Å². The summed E-state index contributed by atoms with van der Waals surface area (Å²) in [6.07, 6.45) is 2.31. The highest BCUT2D eigenvalue weighted by Gasteiger charge is 2.21. The summed E-state index contributed by atoms with van der Waals surface area (Å²) in [5, 5.41) is 6.62. The zero-order chi connectivity index (χ0) is 17.8. The van der Waals surface area contributed by atoms with Gasteiger partial charge in [-0.15, -0.1) is 0 Å². The summed E-state index contributed by atoms with van der Waals surface area (Å²) in [4.78, 5) is 30.4. The van der Waals surface area contributed by atoms with E-state index in [4.69, 9.17) is 4.74 Å². The van der Waals surface area contributed by atoms with Gasteiger partial charge >= 0.3 is 0 Å². The van der Waals surface area contributed by atoms with Crippen LogP contribution in [0, 0.1) is 0 Å². The fraction of sp³-hybridized carbons (Fsp3) is 0.529. The predicted octanol–water partition coefficient (Wildman–Crippen LogP) is 1.30. The van der Waals surface area contributed by atoms with E-state index in [2.05, 4.69) is 30.1 Å². The third-order valence-electron chi connectivity index (χ3n) is 4.53. The number of carbonyl (C=O) groups is 1. The van der Waals surface area contributed by atoms with Crippen molar-refractivity contribution in [1.29, 1.82) is 0 Å². The minimum Gasteiger partial charge on any atom is -0.378 e. The number of ether oxygens (including phenoxy) is 1. The number of morpholine rings is 1. The maximum absolute atomic E-state index is 12.2. The summed E-state index contributed by atoms with van der Waals surface area (Å²) >= 11 is 1.50. The SMILES string of the molecule is O=C(NCc1nc(N2CCCC2)nc(N2CCOCC2)n1)c1ccsc1. The van der Waals surface area contributed by atoms with Crippen molar-refractivity contribution < 1.29 is 9.53 Å². The van der Waals surface area contributed by atoms with Gasteiger partial charge in [-0.25, -0.2) is 0 Å². The Morgan fingerprint density at radius 1 is 1.08 bits per heavy atom. The Hall–Kier alpha value is -2.26. The molecule has 4 heterocycles. The Morgan fingerprint density at radius 3 is 2.42 bits per heavy atom. The van der Waals surface area contributed by atoms with Gasteiger partial charge in [-0.2, -0.15) is 26.3 Å². The Morgan fingerprint density at radius 2 is 1.77 bits per heavy atom. The highest BCUT2D eigenvalue weighted by molar-refractivity contribution is 7.08. The van der Waals surface area contributed by atoms with Gasteiger partial charge in [-0.1, -0.05) is 0 Å². The van der Waals surface area contributed by atoms with Crippen molar-refractivity contribution in [3.05, 3.63) is 28.2 Å². The normalized spacial score (nSPS) is 17.5. The van der Waals surface area contributed by atoms with Crippen LogP contribution >= 0.6 is 11.3 Å². The highest BCUT2D eigenvalue weighted by atomic mass is 32.1. The Bertz CT molecular complexity index is 742. The monoisotopic (exact) mass is 374 g/mol. The molecule has 1 amide bonds. The molecule has 2 saturated heterocycles. The molecule has 2 fully saturated rings. The molecule has 26 heavy (non-hydrogen) atoms. The van der Waals surface area contributed by atoms with E-state index in [9.17, 15) is 4.79 Å². The summed E-state index contributed by atoms with van der Waals surface area (Å²) < 4.78 is 5.42. The van der Waals surface area contributed by atoms with E-state index in [1.54, 1.807) is 0 Å². The molecule has 1 N–H and O–H groups in total. The van der Waals surface area contributed by atoms with E-state index in [1.165, 1.54) is 11.3 Å². The second-order valence-electron chi connectivity index (χ2n) is 6.34. The number of thiophene rings is 1. The summed E-state index contributed by atoms with van der Waals surface area (Å²) in [5.41, 5.74) is 0.664. The largest absolute Gasteiger partial charge is 0.378 e. The van der Waals surface area contributed by atoms with E-state index in [0.717, 1.165) is 39.0 Å². The summed E-state index contributed by atoms with van der Waals surface area (Å²) in [5.74, 6) is 1.86. The molecule has 0 saturated carbocycles. The number of rotatable bonds is 5. The van der Waals surface area contributed by atoms with Gasteiger partial charge < -0.3 is 19.9 Å². The van der Waals surface area contributed by atoms with E-state index in [0.29, 0.717) is 36.5 Å². The third kappa shape index (κ3) is 3.94. The van der Waals surface area contributed by atoms with Crippen LogP contribution in [0.4, 0.5) is 11.9 Å². The standard InChI is InChI=1S/C17H22N6O2S/c24-15(13-3-10-26-12-13)18-11-14-19-16(22-4-1-2-5-22)21-17(20-14)23-6-8-25-9-7-23/h3,10,12H,1-2,4-9,11H2,(H,18,24). The number of nitrogens with one attached hydrogen (secondary N) is 1. The Balaban J connectivity index is 1.53. The average Bonchev–Trinajstić information content (AvgIpc) is 3.40. The first-order valence-electron chi connectivity index (χ1n) is 8.92. The first kappa shape index (κ1) is 17.2. The van der Waals surface area contributed by atoms with Crippen LogP contribution in [0.25, 0.3) is 0 Å². The first-order chi connectivity index (χ1) is 12.8. The van der Waals surface area contributed by atoms with Crippen molar-refractivity contribution in [3.63, 3.8) is 0 Å². The topological polar surface area (TPSA) is 83.5 Å². The number of hydrogen-bond acceptors (Lipinski definition) is 8. The molecule has 9 heteroatoms. The van der Waals surface area contributed by atoms with Gasteiger partial charge in [0.25, 0.3) is 5.91 Å². The smallest absolute Gasteiger partial charge is 0.252 e. The predicted molar refractivity (Wildman–Crippen MR) is 99.8 cm³/mol. The van der Waals surface area contributed by atoms with Crippen molar-refractivity contribution in [3.8, 4) is 0 Å². The summed E-state index contributed by atoms with van der Waals surface area (Å²) in [7, 11) is 0. The minimum absolute atomic E-state index is 0.109. The van der Waals surface area contributed by atoms with Crippen LogP contribution in [0.2, 0.25) is 0 Å². The van der Waals surface area contributed by atoms with Crippen molar-refractivity contribution in [2.45, 2.75) is 19.4 Å². The van der Waals surface area contributed by atoms with Gasteiger partial charge in [0, 0.05) is 37.1 Å². The van der Waals surface area contributed by atoms with Crippen molar-refractivity contribution in [1.82, 2.24) is 20.3 Å². The molecule has 4 rings (SSSR count). The van der Waals surface area contributed by atoms with Gasteiger partial charge in [0.05, 0.1) is 19.8 Å². The fourth-order valence-electron chi connectivity index (χ4n) is 3.09. The number of aromatic nitrogens is 3. The zero-order valence-corrected chi connectivity index (χ0v) is 15.4. The van der Waals surface area contributed by atoms with E-state index in [1.807, 2.05) is 16.8 Å². The number of nitrogens with zero attached hydrogens (tertiary/aromatic N) is 5. The lowest BCUT2D eigenvalue weighted by Crippen LogP contribution is -2.38. The molecule has 0 radical (unpaired) electrons. The van der Waals surface area contributed by atoms with Crippen LogP contribution in [0.1, 0.15) is 29.0 Å². The molecular weight excluding hydrogens is 352 g/mol. The van der Waals surface area contributed by atoms with Crippen molar-refractivity contribution in [2.24, 2.45) is 0 Å². The molecule has 0 unspecified atom stereocenters. The van der Waals surface area contributed by atoms with Gasteiger partial charge in [0.15, 0.2) is 5.82 Å². The lowest BCUT2D eigenvalue weighted by atomic mass is 10.3. The molecule has 2 aromatic rings. The molecule has 0 aromatic carbocycles. The third-order valence-corrected chi connectivity index (χ3v) is 5.21. The second kappa shape index (κ2) is 7.96. The molecule has 0 aliphatic carbocycles. The zero-order valence-electron chi connectivity index (χ0n) is 14.6. The average molecular weight is 374 g/mol. The molecule has 2 aliphatic rings. The molecule has 2 aliphatic heterocycles. The van der Waals surface area contributed by atoms with Crippen LogP contribution in [0.5, 0.6) is 0 Å². The van der Waals surface area contributed by atoms with Crippen molar-refractivity contribution >= 4 is 29.1 Å². The summed E-state index contributed by atoms with van der Waals surface area (Å²) in [6.45, 7) is 5.11. The Labute approximate surface area is 156 Å². The van der Waals surface area contributed by atoms with Crippen LogP contribution < -0.4 is 15.1 Å². The van der Waals surface area contributed by atoms with Gasteiger partial charge in [-0.05, 0) is 24.3 Å². The molecule has 8 nitrogen and oxygen atoms in total. The lowest BCUT2D eigenvalue weighted by Gasteiger charge is -2.28. The molecule has 0 spiro atoms. The number of amides is 1. The molecule has 2 aromatic heterocycles. The van der Waals surface area contributed by atoms with Crippen LogP contribution in [0.3, 0.4) is 0 Å². The lowest BCUT2D eigenvalue weighted by molar-refractivity contribution is 0.0950. The van der Waals surface area contributed by atoms with Crippen LogP contribution in [-0.4, -0.2) is 60.3 Å². The van der Waals surface area contributed by atoms with Crippen LogP contribution in [0.15, 0.2) is 16.8 Å². The highest BCUT2D eigenvalue weighted by Crippen LogP contribution is 2.19. The Kier molecular flexibility index (Phi) is 5.26. The molecule has 0 atom stereocenters. The molecular formula is C17H22N6O2S. The first-order valence-corrected chi connectivity index (χ1v) is 9.87. The van der Waals surface area contributed by atoms with Crippen LogP contribution in [-0.2, 0) is 11.3 Å². The summed E-state index contributed by atoms with van der Waals surface area (Å²) in [6, 6.07) is 1.81. The van der Waals surface area contributed by atoms with E-state index < -0.39 is 0 Å². The fourth-order valence-corrected chi connectivity index (χ4v) is 3.73. The van der Waals surface area contributed by atoms with E-state index in [-0.39, 0.29) is 12.5 Å². The maximum Gasteiger partial charge on any atom is 0.252 e. The van der Waals surface area contributed by atoms with Crippen molar-refractivity contribution in [2.75, 3.05) is 49.2 Å². The van der Waals surface area contributed by atoms with Gasteiger partial charge in [-0.3, -0.25) is 4.79 Å². The van der Waals surface area contributed by atoms with E-state index >= 15 is 0 Å². The van der Waals surface area contributed by atoms with Gasteiger partial charge in [0.1, 0.15) is 0 Å². The number of hydrogen-bond donors (Lipinski definition) is 1. The quantitative estimate of drug-likeness (QED) is 0.844. The minimum atomic E-state index is -0.109. The molecule has 138 valence electrons. The second-order valence-corrected chi connectivity index (χ2v) is 7.12. The number of anilines is 2. The maximum atomic E-state index is 12.2.